The lowest BCUT2D eigenvalue weighted by Crippen LogP contribution is -2.36. The van der Waals surface area contributed by atoms with Gasteiger partial charge in [0.2, 0.25) is 0 Å². The number of benzene rings is 2. The molecule has 0 aliphatic carbocycles. The molecule has 0 aromatic heterocycles. The quantitative estimate of drug-likeness (QED) is 0.755. The number of morpholine rings is 1. The molecule has 7 heteroatoms. The predicted molar refractivity (Wildman–Crippen MR) is 103 cm³/mol. The number of rotatable bonds is 5. The molecule has 2 aromatic carbocycles. The van der Waals surface area contributed by atoms with Gasteiger partial charge in [-0.3, -0.25) is 4.79 Å². The summed E-state index contributed by atoms with van der Waals surface area (Å²) < 4.78 is 11.0. The highest BCUT2D eigenvalue weighted by Gasteiger charge is 2.14. The summed E-state index contributed by atoms with van der Waals surface area (Å²) in [6.45, 7) is 2.82. The molecule has 0 saturated carbocycles. The molecule has 2 aromatic rings. The number of ether oxygens (including phenoxy) is 2. The summed E-state index contributed by atoms with van der Waals surface area (Å²) in [6, 6.07) is 14.5. The molecule has 1 amide bonds. The zero-order valence-electron chi connectivity index (χ0n) is 14.1. The van der Waals surface area contributed by atoms with Crippen molar-refractivity contribution in [2.45, 2.75) is 0 Å². The second-order valence-corrected chi connectivity index (χ2v) is 6.60. The van der Waals surface area contributed by atoms with Gasteiger partial charge in [-0.25, -0.2) is 4.79 Å². The smallest absolute Gasteiger partial charge is 0.339 e. The van der Waals surface area contributed by atoms with Crippen LogP contribution in [0.4, 0.5) is 11.4 Å². The summed E-state index contributed by atoms with van der Waals surface area (Å²) >= 11 is 3.28. The van der Waals surface area contributed by atoms with Gasteiger partial charge in [-0.05, 0) is 52.3 Å². The van der Waals surface area contributed by atoms with E-state index in [1.54, 1.807) is 24.3 Å². The minimum absolute atomic E-state index is 0.342. The number of anilines is 2. The van der Waals surface area contributed by atoms with Crippen molar-refractivity contribution in [3.63, 3.8) is 0 Å². The van der Waals surface area contributed by atoms with Crippen molar-refractivity contribution in [3.8, 4) is 0 Å². The molecule has 0 unspecified atom stereocenters. The fourth-order valence-electron chi connectivity index (χ4n) is 2.61. The van der Waals surface area contributed by atoms with E-state index in [1.807, 2.05) is 24.3 Å². The van der Waals surface area contributed by atoms with Crippen molar-refractivity contribution in [1.29, 1.82) is 0 Å². The monoisotopic (exact) mass is 418 g/mol. The lowest BCUT2D eigenvalue weighted by Gasteiger charge is -2.28. The Labute approximate surface area is 160 Å². The fourth-order valence-corrected chi connectivity index (χ4v) is 3.06. The topological polar surface area (TPSA) is 67.9 Å². The minimum Gasteiger partial charge on any atom is -0.452 e. The molecule has 1 saturated heterocycles. The van der Waals surface area contributed by atoms with Crippen LogP contribution in [0.2, 0.25) is 0 Å². The Hall–Kier alpha value is -2.38. The summed E-state index contributed by atoms with van der Waals surface area (Å²) in [5, 5.41) is 2.72. The lowest BCUT2D eigenvalue weighted by atomic mass is 10.2. The summed E-state index contributed by atoms with van der Waals surface area (Å²) in [5.74, 6) is -0.931. The number of halogens is 1. The van der Waals surface area contributed by atoms with Gasteiger partial charge in [-0.1, -0.05) is 12.1 Å². The van der Waals surface area contributed by atoms with E-state index in [-0.39, 0.29) is 12.5 Å². The molecule has 1 fully saturated rings. The first-order valence-corrected chi connectivity index (χ1v) is 9.07. The first kappa shape index (κ1) is 18.4. The van der Waals surface area contributed by atoms with Gasteiger partial charge in [-0.15, -0.1) is 0 Å². The fraction of sp³-hybridized carbons (Fsp3) is 0.263. The first-order valence-electron chi connectivity index (χ1n) is 8.28. The van der Waals surface area contributed by atoms with E-state index in [0.717, 1.165) is 32.0 Å². The van der Waals surface area contributed by atoms with E-state index in [2.05, 4.69) is 26.1 Å². The van der Waals surface area contributed by atoms with Crippen LogP contribution >= 0.6 is 15.9 Å². The van der Waals surface area contributed by atoms with E-state index in [4.69, 9.17) is 9.47 Å². The lowest BCUT2D eigenvalue weighted by molar-refractivity contribution is -0.119. The van der Waals surface area contributed by atoms with Crippen LogP contribution in [-0.2, 0) is 14.3 Å². The van der Waals surface area contributed by atoms with Crippen molar-refractivity contribution < 1.29 is 19.1 Å². The maximum Gasteiger partial charge on any atom is 0.339 e. The zero-order chi connectivity index (χ0) is 18.4. The van der Waals surface area contributed by atoms with Gasteiger partial charge in [0.05, 0.1) is 18.8 Å². The summed E-state index contributed by atoms with van der Waals surface area (Å²) in [7, 11) is 0. The number of carbonyl (C=O) groups is 2. The number of hydrogen-bond donors (Lipinski definition) is 1. The van der Waals surface area contributed by atoms with Crippen molar-refractivity contribution in [2.24, 2.45) is 0 Å². The Balaban J connectivity index is 1.50. The molecule has 0 bridgehead atoms. The van der Waals surface area contributed by atoms with Crippen LogP contribution in [0.3, 0.4) is 0 Å². The van der Waals surface area contributed by atoms with E-state index in [0.29, 0.717) is 15.7 Å². The minimum atomic E-state index is -0.546. The molecule has 1 heterocycles. The molecule has 0 radical (unpaired) electrons. The van der Waals surface area contributed by atoms with Gasteiger partial charge < -0.3 is 19.7 Å². The molecule has 136 valence electrons. The Bertz CT molecular complexity index is 773. The highest BCUT2D eigenvalue weighted by Crippen LogP contribution is 2.19. The van der Waals surface area contributed by atoms with Crippen molar-refractivity contribution in [3.05, 3.63) is 58.6 Å². The highest BCUT2D eigenvalue weighted by atomic mass is 79.9. The van der Waals surface area contributed by atoms with Gasteiger partial charge in [-0.2, -0.15) is 0 Å². The maximum absolute atomic E-state index is 12.0. The molecular weight excluding hydrogens is 400 g/mol. The van der Waals surface area contributed by atoms with Gasteiger partial charge in [0, 0.05) is 28.9 Å². The highest BCUT2D eigenvalue weighted by molar-refractivity contribution is 9.10. The molecule has 0 spiro atoms. The largest absolute Gasteiger partial charge is 0.452 e. The van der Waals surface area contributed by atoms with Crippen molar-refractivity contribution in [2.75, 3.05) is 43.1 Å². The molecule has 26 heavy (non-hydrogen) atoms. The Morgan fingerprint density at radius 2 is 1.77 bits per heavy atom. The molecular formula is C19H19BrN2O4. The summed E-state index contributed by atoms with van der Waals surface area (Å²) in [5.41, 5.74) is 2.13. The molecule has 6 nitrogen and oxygen atoms in total. The van der Waals surface area contributed by atoms with Gasteiger partial charge >= 0.3 is 5.97 Å². The molecule has 1 aliphatic rings. The molecule has 1 N–H and O–H groups in total. The van der Waals surface area contributed by atoms with Gasteiger partial charge in [0.25, 0.3) is 5.91 Å². The van der Waals surface area contributed by atoms with Crippen LogP contribution < -0.4 is 10.2 Å². The van der Waals surface area contributed by atoms with E-state index in [1.165, 1.54) is 0 Å². The summed E-state index contributed by atoms with van der Waals surface area (Å²) in [4.78, 5) is 26.2. The van der Waals surface area contributed by atoms with E-state index >= 15 is 0 Å². The van der Waals surface area contributed by atoms with E-state index in [9.17, 15) is 9.59 Å². The SMILES string of the molecule is O=C(COC(=O)c1ccccc1Br)Nc1ccc(N2CCOCC2)cc1. The van der Waals surface area contributed by atoms with Crippen LogP contribution in [0.5, 0.6) is 0 Å². The Morgan fingerprint density at radius 1 is 1.08 bits per heavy atom. The standard InChI is InChI=1S/C19H19BrN2O4/c20-17-4-2-1-3-16(17)19(24)26-13-18(23)21-14-5-7-15(8-6-14)22-9-11-25-12-10-22/h1-8H,9-13H2,(H,21,23). The second kappa shape index (κ2) is 8.82. The van der Waals surface area contributed by atoms with Crippen LogP contribution in [0.25, 0.3) is 0 Å². The number of carbonyl (C=O) groups excluding carboxylic acids is 2. The summed E-state index contributed by atoms with van der Waals surface area (Å²) in [6.07, 6.45) is 0. The molecule has 3 rings (SSSR count). The van der Waals surface area contributed by atoms with Crippen molar-refractivity contribution >= 4 is 39.2 Å². The Morgan fingerprint density at radius 3 is 2.46 bits per heavy atom. The maximum atomic E-state index is 12.0. The Kier molecular flexibility index (Phi) is 6.25. The van der Waals surface area contributed by atoms with Crippen LogP contribution in [0.1, 0.15) is 10.4 Å². The second-order valence-electron chi connectivity index (χ2n) is 5.75. The van der Waals surface area contributed by atoms with Crippen LogP contribution in [-0.4, -0.2) is 44.8 Å². The average molecular weight is 419 g/mol. The van der Waals surface area contributed by atoms with Crippen LogP contribution in [0, 0.1) is 0 Å². The van der Waals surface area contributed by atoms with Crippen LogP contribution in [0.15, 0.2) is 53.0 Å². The predicted octanol–water partition coefficient (Wildman–Crippen LogP) is 3.08. The third-order valence-electron chi connectivity index (χ3n) is 3.96. The van der Waals surface area contributed by atoms with Gasteiger partial charge in [0.1, 0.15) is 0 Å². The van der Waals surface area contributed by atoms with E-state index < -0.39 is 5.97 Å². The zero-order valence-corrected chi connectivity index (χ0v) is 15.7. The first-order chi connectivity index (χ1) is 12.6. The third kappa shape index (κ3) is 4.83. The number of esters is 1. The number of hydrogen-bond acceptors (Lipinski definition) is 5. The normalized spacial score (nSPS) is 14.0. The van der Waals surface area contributed by atoms with Crippen molar-refractivity contribution in [1.82, 2.24) is 0 Å². The number of nitrogens with zero attached hydrogens (tertiary/aromatic N) is 1. The number of amides is 1. The number of nitrogens with one attached hydrogen (secondary N) is 1. The average Bonchev–Trinajstić information content (AvgIpc) is 2.68. The molecule has 0 atom stereocenters. The van der Waals surface area contributed by atoms with Gasteiger partial charge in [0.15, 0.2) is 6.61 Å². The molecule has 1 aliphatic heterocycles. The third-order valence-corrected chi connectivity index (χ3v) is 4.65.